The van der Waals surface area contributed by atoms with Crippen molar-refractivity contribution in [3.8, 4) is 0 Å². The molecule has 0 aliphatic carbocycles. The molecule has 12 heteroatoms. The van der Waals surface area contributed by atoms with Crippen LogP contribution >= 0.6 is 34.9 Å². The maximum atomic E-state index is 12.5. The first-order valence-electron chi connectivity index (χ1n) is 8.45. The van der Waals surface area contributed by atoms with E-state index in [1.54, 1.807) is 30.8 Å². The summed E-state index contributed by atoms with van der Waals surface area (Å²) in [6.45, 7) is 4.49. The number of hydrogen-bond acceptors (Lipinski definition) is 9. The molecule has 28 heavy (non-hydrogen) atoms. The first-order valence-corrected chi connectivity index (χ1v) is 12.6. The third-order valence-corrected chi connectivity index (χ3v) is 8.45. The summed E-state index contributed by atoms with van der Waals surface area (Å²) in [7, 11) is -3.76. The number of hydrogen-bond donors (Lipinski definition) is 2. The van der Waals surface area contributed by atoms with E-state index in [0.717, 1.165) is 28.0 Å². The summed E-state index contributed by atoms with van der Waals surface area (Å²) in [5.74, 6) is 0.835. The third kappa shape index (κ3) is 5.46. The number of thioether (sulfide) groups is 2. The lowest BCUT2D eigenvalue weighted by atomic mass is 10.3. The molecule has 0 radical (unpaired) electrons. The van der Waals surface area contributed by atoms with E-state index in [-0.39, 0.29) is 21.2 Å². The van der Waals surface area contributed by atoms with Gasteiger partial charge in [-0.2, -0.15) is 0 Å². The van der Waals surface area contributed by atoms with Crippen molar-refractivity contribution in [1.82, 2.24) is 10.2 Å². The molecular formula is C16H19N5O3S4. The Morgan fingerprint density at radius 1 is 1.29 bits per heavy atom. The Labute approximate surface area is 176 Å². The van der Waals surface area contributed by atoms with Crippen molar-refractivity contribution in [1.29, 1.82) is 0 Å². The van der Waals surface area contributed by atoms with Crippen LogP contribution in [0.1, 0.15) is 18.4 Å². The Bertz CT molecular complexity index is 972. The maximum Gasteiger partial charge on any atom is 0.263 e. The third-order valence-electron chi connectivity index (χ3n) is 3.64. The van der Waals surface area contributed by atoms with E-state index in [1.165, 1.54) is 23.9 Å². The van der Waals surface area contributed by atoms with Gasteiger partial charge in [0.25, 0.3) is 10.0 Å². The van der Waals surface area contributed by atoms with Gasteiger partial charge >= 0.3 is 0 Å². The fraction of sp³-hybridized carbons (Fsp3) is 0.375. The molecule has 0 spiro atoms. The summed E-state index contributed by atoms with van der Waals surface area (Å²) in [4.78, 5) is 17.0. The summed E-state index contributed by atoms with van der Waals surface area (Å²) in [6.07, 6.45) is 0.674. The van der Waals surface area contributed by atoms with E-state index in [0.29, 0.717) is 17.1 Å². The Morgan fingerprint density at radius 3 is 2.61 bits per heavy atom. The highest BCUT2D eigenvalue weighted by Gasteiger charge is 2.22. The van der Waals surface area contributed by atoms with Crippen LogP contribution in [0.15, 0.2) is 34.2 Å². The highest BCUT2D eigenvalue weighted by molar-refractivity contribution is 8.39. The lowest BCUT2D eigenvalue weighted by molar-refractivity contribution is -0.115. The Hall–Kier alpha value is -1.63. The molecule has 1 unspecified atom stereocenters. The molecule has 1 aliphatic heterocycles. The number of benzene rings is 1. The average Bonchev–Trinajstić information content (AvgIpc) is 3.31. The number of aromatic nitrogens is 2. The molecule has 0 fully saturated rings. The van der Waals surface area contributed by atoms with Gasteiger partial charge in [0.15, 0.2) is 0 Å². The number of nitrogens with one attached hydrogen (secondary N) is 2. The predicted octanol–water partition coefficient (Wildman–Crippen LogP) is 3.20. The molecule has 1 aliphatic rings. The molecule has 2 aromatic rings. The van der Waals surface area contributed by atoms with E-state index in [9.17, 15) is 13.2 Å². The first kappa shape index (κ1) is 21.1. The highest BCUT2D eigenvalue weighted by Crippen LogP contribution is 2.28. The predicted molar refractivity (Wildman–Crippen MR) is 117 cm³/mol. The number of anilines is 2. The molecule has 1 aromatic heterocycles. The number of carbonyl (C=O) groups excluding carboxylic acids is 1. The van der Waals surface area contributed by atoms with E-state index >= 15 is 0 Å². The molecule has 0 bridgehead atoms. The number of amides is 1. The van der Waals surface area contributed by atoms with Gasteiger partial charge in [0.2, 0.25) is 11.0 Å². The van der Waals surface area contributed by atoms with Crippen LogP contribution in [0.25, 0.3) is 0 Å². The summed E-state index contributed by atoms with van der Waals surface area (Å²) in [5, 5.41) is 11.0. The number of sulfonamides is 1. The molecule has 2 heterocycles. The van der Waals surface area contributed by atoms with Crippen molar-refractivity contribution >= 4 is 66.0 Å². The number of aliphatic imine (C=N–C) groups is 1. The summed E-state index contributed by atoms with van der Waals surface area (Å²) in [6, 6.07) is 6.02. The zero-order valence-corrected chi connectivity index (χ0v) is 18.5. The fourth-order valence-electron chi connectivity index (χ4n) is 2.28. The highest BCUT2D eigenvalue weighted by atomic mass is 32.2. The number of rotatable bonds is 7. The largest absolute Gasteiger partial charge is 0.325 e. The maximum absolute atomic E-state index is 12.5. The SMILES string of the molecule is CCC(SC1=NCCS1)C(=O)Nc1ccc(S(=O)(=O)Nc2nnc(C)s2)cc1. The van der Waals surface area contributed by atoms with E-state index in [4.69, 9.17) is 0 Å². The van der Waals surface area contributed by atoms with Crippen LogP contribution in [0.3, 0.4) is 0 Å². The number of carbonyl (C=O) groups is 1. The second kappa shape index (κ2) is 9.25. The molecule has 0 saturated heterocycles. The van der Waals surface area contributed by atoms with Gasteiger partial charge in [-0.3, -0.25) is 14.5 Å². The molecule has 1 amide bonds. The van der Waals surface area contributed by atoms with Gasteiger partial charge in [-0.25, -0.2) is 8.42 Å². The fourth-order valence-corrected chi connectivity index (χ4v) is 6.26. The van der Waals surface area contributed by atoms with Crippen molar-refractivity contribution in [2.75, 3.05) is 22.3 Å². The molecular weight excluding hydrogens is 438 g/mol. The molecule has 8 nitrogen and oxygen atoms in total. The molecule has 150 valence electrons. The first-order chi connectivity index (χ1) is 13.4. The molecule has 3 rings (SSSR count). The van der Waals surface area contributed by atoms with Crippen molar-refractivity contribution in [2.45, 2.75) is 30.4 Å². The van der Waals surface area contributed by atoms with Crippen molar-refractivity contribution in [3.05, 3.63) is 29.3 Å². The van der Waals surface area contributed by atoms with Gasteiger partial charge in [0, 0.05) is 11.4 Å². The topological polar surface area (TPSA) is 113 Å². The Balaban J connectivity index is 1.63. The molecule has 0 saturated carbocycles. The number of nitrogens with zero attached hydrogens (tertiary/aromatic N) is 3. The van der Waals surface area contributed by atoms with Gasteiger partial charge in [0.05, 0.1) is 16.7 Å². The Morgan fingerprint density at radius 2 is 2.04 bits per heavy atom. The lowest BCUT2D eigenvalue weighted by Crippen LogP contribution is -2.25. The lowest BCUT2D eigenvalue weighted by Gasteiger charge is -2.14. The zero-order valence-electron chi connectivity index (χ0n) is 15.2. The standard InChI is InChI=1S/C16H19N5O3S4/c1-3-13(27-16-17-8-9-25-16)14(22)18-11-4-6-12(7-5-11)28(23,24)21-15-20-19-10(2)26-15/h4-7,13H,3,8-9H2,1-2H3,(H,18,22)(H,20,21). The van der Waals surface area contributed by atoms with Crippen LogP contribution < -0.4 is 10.0 Å². The molecule has 1 aromatic carbocycles. The van der Waals surface area contributed by atoms with Gasteiger partial charge in [-0.05, 0) is 37.6 Å². The van der Waals surface area contributed by atoms with Crippen molar-refractivity contribution < 1.29 is 13.2 Å². The smallest absolute Gasteiger partial charge is 0.263 e. The van der Waals surface area contributed by atoms with Crippen LogP contribution in [0.4, 0.5) is 10.8 Å². The van der Waals surface area contributed by atoms with Crippen LogP contribution in [-0.2, 0) is 14.8 Å². The zero-order chi connectivity index (χ0) is 20.1. The van der Waals surface area contributed by atoms with E-state index < -0.39 is 10.0 Å². The van der Waals surface area contributed by atoms with Crippen molar-refractivity contribution in [3.63, 3.8) is 0 Å². The molecule has 1 atom stereocenters. The van der Waals surface area contributed by atoms with Gasteiger partial charge < -0.3 is 5.32 Å². The summed E-state index contributed by atoms with van der Waals surface area (Å²) < 4.78 is 28.2. The quantitative estimate of drug-likeness (QED) is 0.656. The average molecular weight is 458 g/mol. The second-order valence-corrected chi connectivity index (χ2v) is 11.2. The van der Waals surface area contributed by atoms with Gasteiger partial charge in [-0.1, -0.05) is 41.8 Å². The van der Waals surface area contributed by atoms with E-state index in [1.807, 2.05) is 6.92 Å². The Kier molecular flexibility index (Phi) is 6.96. The van der Waals surface area contributed by atoms with Gasteiger partial charge in [0.1, 0.15) is 9.38 Å². The van der Waals surface area contributed by atoms with Gasteiger partial charge in [-0.15, -0.1) is 10.2 Å². The van der Waals surface area contributed by atoms with E-state index in [2.05, 4.69) is 25.2 Å². The van der Waals surface area contributed by atoms with Crippen LogP contribution in [0.2, 0.25) is 0 Å². The minimum Gasteiger partial charge on any atom is -0.325 e. The number of aryl methyl sites for hydroxylation is 1. The minimum absolute atomic E-state index is 0.0801. The van der Waals surface area contributed by atoms with Crippen molar-refractivity contribution in [2.24, 2.45) is 4.99 Å². The van der Waals surface area contributed by atoms with Crippen LogP contribution in [-0.4, -0.2) is 46.4 Å². The van der Waals surface area contributed by atoms with Crippen LogP contribution in [0.5, 0.6) is 0 Å². The molecule has 2 N–H and O–H groups in total. The summed E-state index contributed by atoms with van der Waals surface area (Å²) >= 11 is 4.30. The minimum atomic E-state index is -3.76. The second-order valence-electron chi connectivity index (χ2n) is 5.76. The summed E-state index contributed by atoms with van der Waals surface area (Å²) in [5.41, 5.74) is 0.538. The normalized spacial score (nSPS) is 15.1. The monoisotopic (exact) mass is 457 g/mol. The van der Waals surface area contributed by atoms with Crippen LogP contribution in [0, 0.1) is 6.92 Å².